The van der Waals surface area contributed by atoms with Gasteiger partial charge in [0.05, 0.1) is 26.3 Å². The van der Waals surface area contributed by atoms with Gasteiger partial charge in [-0.1, -0.05) is 18.2 Å². The summed E-state index contributed by atoms with van der Waals surface area (Å²) in [6, 6.07) is 11.6. The molecule has 0 aliphatic carbocycles. The third-order valence-electron chi connectivity index (χ3n) is 6.07. The number of ether oxygens (including phenoxy) is 3. The predicted molar refractivity (Wildman–Crippen MR) is 116 cm³/mol. The summed E-state index contributed by atoms with van der Waals surface area (Å²) < 4.78 is 16.4. The van der Waals surface area contributed by atoms with E-state index in [-0.39, 0.29) is 12.1 Å². The Morgan fingerprint density at radius 2 is 1.77 bits per heavy atom. The molecule has 0 bridgehead atoms. The normalized spacial score (nSPS) is 16.8. The molecule has 1 fully saturated rings. The minimum Gasteiger partial charge on any atom is -0.493 e. The molecule has 3 heterocycles. The molecule has 160 valence electrons. The van der Waals surface area contributed by atoms with E-state index in [9.17, 15) is 4.79 Å². The number of nitrogens with zero attached hydrogens (tertiary/aromatic N) is 4. The second-order valence-electron chi connectivity index (χ2n) is 7.74. The second kappa shape index (κ2) is 7.94. The van der Waals surface area contributed by atoms with Crippen LogP contribution in [0.15, 0.2) is 42.7 Å². The molecule has 8 heteroatoms. The summed E-state index contributed by atoms with van der Waals surface area (Å²) in [6.45, 7) is 2.17. The van der Waals surface area contributed by atoms with Gasteiger partial charge in [0.2, 0.25) is 0 Å². The number of hydrogen-bond acceptors (Lipinski definition) is 7. The van der Waals surface area contributed by atoms with Gasteiger partial charge in [0, 0.05) is 36.1 Å². The van der Waals surface area contributed by atoms with Crippen molar-refractivity contribution in [1.29, 1.82) is 0 Å². The molecule has 2 aliphatic heterocycles. The van der Waals surface area contributed by atoms with Gasteiger partial charge >= 0.3 is 6.09 Å². The largest absolute Gasteiger partial charge is 0.493 e. The Morgan fingerprint density at radius 1 is 1.03 bits per heavy atom. The van der Waals surface area contributed by atoms with Gasteiger partial charge < -0.3 is 24.0 Å². The SMILES string of the molecule is COc1cc2ncnc(N3CCC(N4Cc5ccccc5OC4=O)CC3)c2cc1OC. The molecule has 1 saturated heterocycles. The molecule has 3 aromatic rings. The number of hydrogen-bond donors (Lipinski definition) is 0. The van der Waals surface area contributed by atoms with Crippen LogP contribution in [0.2, 0.25) is 0 Å². The number of para-hydroxylation sites is 1. The van der Waals surface area contributed by atoms with Gasteiger partial charge in [-0.2, -0.15) is 0 Å². The molecular weight excluding hydrogens is 396 g/mol. The van der Waals surface area contributed by atoms with Crippen LogP contribution in [0.5, 0.6) is 17.2 Å². The van der Waals surface area contributed by atoms with Gasteiger partial charge in [0.1, 0.15) is 17.9 Å². The topological polar surface area (TPSA) is 77.0 Å². The average molecular weight is 420 g/mol. The quantitative estimate of drug-likeness (QED) is 0.638. The molecule has 0 N–H and O–H groups in total. The van der Waals surface area contributed by atoms with Crippen LogP contribution in [0.4, 0.5) is 10.6 Å². The number of anilines is 1. The molecule has 1 amide bonds. The maximum atomic E-state index is 12.6. The molecule has 0 radical (unpaired) electrons. The highest BCUT2D eigenvalue weighted by Gasteiger charge is 2.33. The number of carbonyl (C=O) groups excluding carboxylic acids is 1. The van der Waals surface area contributed by atoms with Crippen LogP contribution in [0.1, 0.15) is 18.4 Å². The van der Waals surface area contributed by atoms with Crippen molar-refractivity contribution in [3.05, 3.63) is 48.3 Å². The van der Waals surface area contributed by atoms with E-state index < -0.39 is 0 Å². The Kier molecular flexibility index (Phi) is 4.97. The molecule has 31 heavy (non-hydrogen) atoms. The zero-order valence-corrected chi connectivity index (χ0v) is 17.6. The highest BCUT2D eigenvalue weighted by atomic mass is 16.6. The highest BCUT2D eigenvalue weighted by molar-refractivity contribution is 5.92. The highest BCUT2D eigenvalue weighted by Crippen LogP contribution is 2.36. The lowest BCUT2D eigenvalue weighted by Gasteiger charge is -2.40. The number of methoxy groups -OCH3 is 2. The fraction of sp³-hybridized carbons (Fsp3) is 0.348. The van der Waals surface area contributed by atoms with Gasteiger partial charge in [-0.05, 0) is 25.0 Å². The summed E-state index contributed by atoms with van der Waals surface area (Å²) in [7, 11) is 3.23. The number of fused-ring (bicyclic) bond motifs is 2. The van der Waals surface area contributed by atoms with E-state index >= 15 is 0 Å². The molecule has 2 aliphatic rings. The van der Waals surface area contributed by atoms with E-state index in [2.05, 4.69) is 14.9 Å². The lowest BCUT2D eigenvalue weighted by atomic mass is 10.0. The van der Waals surface area contributed by atoms with Crippen LogP contribution in [-0.4, -0.2) is 54.3 Å². The first-order valence-corrected chi connectivity index (χ1v) is 10.4. The van der Waals surface area contributed by atoms with Gasteiger partial charge in [-0.3, -0.25) is 0 Å². The van der Waals surface area contributed by atoms with Crippen molar-refractivity contribution in [1.82, 2.24) is 14.9 Å². The Labute approximate surface area is 180 Å². The molecule has 0 saturated carbocycles. The lowest BCUT2D eigenvalue weighted by Crippen LogP contribution is -2.49. The van der Waals surface area contributed by atoms with E-state index in [0.717, 1.165) is 48.2 Å². The van der Waals surface area contributed by atoms with E-state index in [4.69, 9.17) is 14.2 Å². The van der Waals surface area contributed by atoms with Crippen molar-refractivity contribution >= 4 is 22.8 Å². The number of piperidine rings is 1. The number of aromatic nitrogens is 2. The molecule has 2 aromatic carbocycles. The minimum atomic E-state index is -0.263. The summed E-state index contributed by atoms with van der Waals surface area (Å²) >= 11 is 0. The lowest BCUT2D eigenvalue weighted by molar-refractivity contribution is 0.106. The predicted octanol–water partition coefficient (Wildman–Crippen LogP) is 3.63. The van der Waals surface area contributed by atoms with Crippen molar-refractivity contribution in [2.75, 3.05) is 32.2 Å². The van der Waals surface area contributed by atoms with Gasteiger partial charge in [0.15, 0.2) is 11.5 Å². The van der Waals surface area contributed by atoms with E-state index in [1.165, 1.54) is 0 Å². The van der Waals surface area contributed by atoms with Crippen molar-refractivity contribution in [2.24, 2.45) is 0 Å². The number of benzene rings is 2. The average Bonchev–Trinajstić information content (AvgIpc) is 2.82. The summed E-state index contributed by atoms with van der Waals surface area (Å²) in [5.41, 5.74) is 1.85. The number of amides is 1. The Morgan fingerprint density at radius 3 is 2.55 bits per heavy atom. The zero-order valence-electron chi connectivity index (χ0n) is 17.6. The smallest absolute Gasteiger partial charge is 0.415 e. The second-order valence-corrected chi connectivity index (χ2v) is 7.74. The fourth-order valence-electron chi connectivity index (χ4n) is 4.42. The van der Waals surface area contributed by atoms with Gasteiger partial charge in [0.25, 0.3) is 0 Å². The molecule has 8 nitrogen and oxygen atoms in total. The van der Waals surface area contributed by atoms with Crippen LogP contribution in [0.25, 0.3) is 10.9 Å². The maximum absolute atomic E-state index is 12.6. The summed E-state index contributed by atoms with van der Waals surface area (Å²) in [5, 5.41) is 0.921. The third kappa shape index (κ3) is 3.48. The molecule has 0 atom stereocenters. The van der Waals surface area contributed by atoms with E-state index in [1.54, 1.807) is 20.5 Å². The van der Waals surface area contributed by atoms with Crippen LogP contribution < -0.4 is 19.1 Å². The summed E-state index contributed by atoms with van der Waals surface area (Å²) in [6.07, 6.45) is 3.00. The van der Waals surface area contributed by atoms with Crippen molar-refractivity contribution in [2.45, 2.75) is 25.4 Å². The Balaban J connectivity index is 1.35. The number of rotatable bonds is 4. The molecule has 0 unspecified atom stereocenters. The summed E-state index contributed by atoms with van der Waals surface area (Å²) in [4.78, 5) is 25.6. The van der Waals surface area contributed by atoms with Crippen molar-refractivity contribution < 1.29 is 19.0 Å². The molecule has 5 rings (SSSR count). The number of carbonyl (C=O) groups is 1. The fourth-order valence-corrected chi connectivity index (χ4v) is 4.42. The van der Waals surface area contributed by atoms with Gasteiger partial charge in [-0.25, -0.2) is 14.8 Å². The standard InChI is InChI=1S/C23H24N4O4/c1-29-20-11-17-18(12-21(20)30-2)24-14-25-22(17)26-9-7-16(8-10-26)27-13-15-5-3-4-6-19(15)31-23(27)28/h3-6,11-12,14,16H,7-10,13H2,1-2H3. The minimum absolute atomic E-state index is 0.139. The molecule has 1 aromatic heterocycles. The van der Waals surface area contributed by atoms with Crippen molar-refractivity contribution in [3.8, 4) is 17.2 Å². The molecular formula is C23H24N4O4. The van der Waals surface area contributed by atoms with Crippen LogP contribution in [0.3, 0.4) is 0 Å². The first-order valence-electron chi connectivity index (χ1n) is 10.4. The molecule has 0 spiro atoms. The zero-order chi connectivity index (χ0) is 21.4. The first-order chi connectivity index (χ1) is 15.2. The van der Waals surface area contributed by atoms with E-state index in [1.807, 2.05) is 41.3 Å². The van der Waals surface area contributed by atoms with Crippen LogP contribution in [0, 0.1) is 0 Å². The maximum Gasteiger partial charge on any atom is 0.415 e. The summed E-state index contributed by atoms with van der Waals surface area (Å²) in [5.74, 6) is 2.83. The van der Waals surface area contributed by atoms with Crippen LogP contribution >= 0.6 is 0 Å². The Bertz CT molecular complexity index is 1130. The third-order valence-corrected chi connectivity index (χ3v) is 6.07. The van der Waals surface area contributed by atoms with Crippen molar-refractivity contribution in [3.63, 3.8) is 0 Å². The van der Waals surface area contributed by atoms with E-state index in [0.29, 0.717) is 23.8 Å². The first kappa shape index (κ1) is 19.4. The Hall–Kier alpha value is -3.55. The monoisotopic (exact) mass is 420 g/mol. The van der Waals surface area contributed by atoms with Crippen LogP contribution in [-0.2, 0) is 6.54 Å². The van der Waals surface area contributed by atoms with Gasteiger partial charge in [-0.15, -0.1) is 0 Å².